The van der Waals surface area contributed by atoms with Gasteiger partial charge in [-0.25, -0.2) is 18.6 Å². The van der Waals surface area contributed by atoms with E-state index in [0.29, 0.717) is 28.8 Å². The van der Waals surface area contributed by atoms with E-state index in [4.69, 9.17) is 14.6 Å². The van der Waals surface area contributed by atoms with Crippen LogP contribution in [0.1, 0.15) is 5.56 Å². The number of benzene rings is 2. The molecule has 2 aromatic heterocycles. The van der Waals surface area contributed by atoms with Gasteiger partial charge in [-0.3, -0.25) is 5.32 Å². The van der Waals surface area contributed by atoms with Crippen LogP contribution in [0.4, 0.5) is 19.3 Å². The molecule has 1 amide bonds. The fraction of sp³-hybridized carbons (Fsp3) is 0.222. The molecular formula is C27H26F2N4O4Si. The van der Waals surface area contributed by atoms with E-state index in [1.54, 1.807) is 28.8 Å². The van der Waals surface area contributed by atoms with E-state index in [1.807, 2.05) is 11.5 Å². The molecule has 0 radical (unpaired) electrons. The molecule has 11 heteroatoms. The molecule has 2 N–H and O–H groups in total. The molecule has 8 nitrogen and oxygen atoms in total. The van der Waals surface area contributed by atoms with Gasteiger partial charge in [-0.1, -0.05) is 31.8 Å². The zero-order chi connectivity index (χ0) is 27.4. The zero-order valence-electron chi connectivity index (χ0n) is 21.1. The molecule has 4 rings (SSSR count). The van der Waals surface area contributed by atoms with Crippen LogP contribution in [-0.4, -0.2) is 35.4 Å². The van der Waals surface area contributed by atoms with Crippen LogP contribution in [-0.2, 0) is 11.5 Å². The summed E-state index contributed by atoms with van der Waals surface area (Å²) >= 11 is 0. The van der Waals surface area contributed by atoms with E-state index >= 15 is 0 Å². The zero-order valence-corrected chi connectivity index (χ0v) is 22.1. The average Bonchev–Trinajstić information content (AvgIpc) is 3.22. The molecule has 0 spiro atoms. The number of ether oxygens (including phenoxy) is 2. The van der Waals surface area contributed by atoms with Crippen molar-refractivity contribution in [2.75, 3.05) is 11.9 Å². The topological polar surface area (TPSA) is 109 Å². The number of nitriles is 1. The van der Waals surface area contributed by atoms with Crippen LogP contribution in [0, 0.1) is 23.0 Å². The molecule has 0 saturated heterocycles. The quantitative estimate of drug-likeness (QED) is 0.175. The van der Waals surface area contributed by atoms with Gasteiger partial charge in [-0.2, -0.15) is 5.26 Å². The molecule has 2 heterocycles. The van der Waals surface area contributed by atoms with Crippen molar-refractivity contribution in [1.82, 2.24) is 9.55 Å². The third kappa shape index (κ3) is 6.16. The Hall–Kier alpha value is -4.27. The molecule has 0 unspecified atom stereocenters. The number of carbonyl (C=O) groups is 1. The molecular weight excluding hydrogens is 510 g/mol. The highest BCUT2D eigenvalue weighted by Gasteiger charge is 2.21. The van der Waals surface area contributed by atoms with E-state index in [0.717, 1.165) is 23.7 Å². The summed E-state index contributed by atoms with van der Waals surface area (Å²) < 4.78 is 43.1. The van der Waals surface area contributed by atoms with Crippen LogP contribution >= 0.6 is 0 Å². The van der Waals surface area contributed by atoms with Crippen LogP contribution in [0.25, 0.3) is 22.2 Å². The number of nitrogens with one attached hydrogen (secondary N) is 1. The van der Waals surface area contributed by atoms with E-state index in [1.165, 1.54) is 12.3 Å². The lowest BCUT2D eigenvalue weighted by Gasteiger charge is -2.15. The molecule has 196 valence electrons. The minimum Gasteiger partial charge on any atom is -0.465 e. The van der Waals surface area contributed by atoms with Gasteiger partial charge < -0.3 is 19.1 Å². The first-order valence-corrected chi connectivity index (χ1v) is 15.5. The van der Waals surface area contributed by atoms with Gasteiger partial charge in [0.1, 0.15) is 18.1 Å². The molecule has 0 saturated carbocycles. The molecule has 0 atom stereocenters. The molecule has 0 bridgehead atoms. The monoisotopic (exact) mass is 536 g/mol. The van der Waals surface area contributed by atoms with Gasteiger partial charge in [0, 0.05) is 44.8 Å². The second-order valence-electron chi connectivity index (χ2n) is 9.86. The number of amides is 1. The normalized spacial score (nSPS) is 11.4. The maximum Gasteiger partial charge on any atom is 0.409 e. The van der Waals surface area contributed by atoms with Crippen LogP contribution in [0.15, 0.2) is 54.9 Å². The van der Waals surface area contributed by atoms with Crippen molar-refractivity contribution in [2.24, 2.45) is 0 Å². The van der Waals surface area contributed by atoms with Crippen molar-refractivity contribution in [3.05, 3.63) is 72.1 Å². The second kappa shape index (κ2) is 11.0. The number of halogens is 2. The Kier molecular flexibility index (Phi) is 7.75. The van der Waals surface area contributed by atoms with E-state index in [-0.39, 0.29) is 18.2 Å². The number of fused-ring (bicyclic) bond motifs is 1. The highest BCUT2D eigenvalue weighted by atomic mass is 28.3. The summed E-state index contributed by atoms with van der Waals surface area (Å²) in [6.45, 7) is 7.59. The third-order valence-corrected chi connectivity index (χ3v) is 7.44. The fourth-order valence-electron chi connectivity index (χ4n) is 3.82. The van der Waals surface area contributed by atoms with Gasteiger partial charge >= 0.3 is 6.09 Å². The van der Waals surface area contributed by atoms with Crippen molar-refractivity contribution in [1.29, 1.82) is 5.26 Å². The second-order valence-corrected chi connectivity index (χ2v) is 15.5. The van der Waals surface area contributed by atoms with Gasteiger partial charge in [0.2, 0.25) is 0 Å². The third-order valence-electron chi connectivity index (χ3n) is 5.73. The average molecular weight is 537 g/mol. The lowest BCUT2D eigenvalue weighted by Crippen LogP contribution is -2.22. The van der Waals surface area contributed by atoms with Gasteiger partial charge in [-0.15, -0.1) is 0 Å². The summed E-state index contributed by atoms with van der Waals surface area (Å²) in [7, 11) is -1.29. The maximum absolute atomic E-state index is 14.8. The Balaban J connectivity index is 1.77. The number of carboxylic acid groups (broad SMARTS) is 1. The number of anilines is 1. The molecule has 0 aliphatic rings. The smallest absolute Gasteiger partial charge is 0.409 e. The lowest BCUT2D eigenvalue weighted by molar-refractivity contribution is 0.0899. The number of pyridine rings is 1. The summed E-state index contributed by atoms with van der Waals surface area (Å²) in [6.07, 6.45) is 1.84. The minimum atomic E-state index is -1.45. The minimum absolute atomic E-state index is 0.145. The summed E-state index contributed by atoms with van der Waals surface area (Å²) in [5.41, 5.74) is 2.13. The number of aromatic nitrogens is 2. The van der Waals surface area contributed by atoms with Crippen molar-refractivity contribution in [2.45, 2.75) is 32.4 Å². The molecule has 38 heavy (non-hydrogen) atoms. The van der Waals surface area contributed by atoms with Crippen molar-refractivity contribution >= 4 is 30.9 Å². The van der Waals surface area contributed by atoms with Gasteiger partial charge in [0.25, 0.3) is 0 Å². The molecule has 0 aliphatic carbocycles. The standard InChI is InChI=1S/C27H26F2N4O4Si/c1-38(2,3)11-10-36-16-33-15-20(18-6-4-17(14-30)5-7-18)24-23(8-9-31-26(24)33)37-25-21(28)12-19(13-22(25)29)32-27(34)35/h4-9,12-13,15,32H,10-11,16H2,1-3H3,(H,34,35). The number of nitrogens with zero attached hydrogens (tertiary/aromatic N) is 3. The van der Waals surface area contributed by atoms with Gasteiger partial charge in [-0.05, 0) is 29.8 Å². The SMILES string of the molecule is C[Si](C)(C)CCOCn1cc(-c2ccc(C#N)cc2)c2c(Oc3c(F)cc(NC(=O)O)cc3F)ccnc21. The fourth-order valence-corrected chi connectivity index (χ4v) is 4.57. The number of rotatable bonds is 9. The van der Waals surface area contributed by atoms with Crippen molar-refractivity contribution < 1.29 is 28.2 Å². The first-order valence-electron chi connectivity index (χ1n) is 11.8. The Labute approximate surface area is 219 Å². The van der Waals surface area contributed by atoms with E-state index in [9.17, 15) is 18.8 Å². The summed E-state index contributed by atoms with van der Waals surface area (Å²) in [5, 5.41) is 20.4. The first-order chi connectivity index (χ1) is 18.1. The van der Waals surface area contributed by atoms with Crippen molar-refractivity contribution in [3.8, 4) is 28.7 Å². The molecule has 0 aliphatic heterocycles. The Morgan fingerprint density at radius 1 is 1.16 bits per heavy atom. The highest BCUT2D eigenvalue weighted by Crippen LogP contribution is 2.39. The van der Waals surface area contributed by atoms with Crippen LogP contribution in [0.3, 0.4) is 0 Å². The maximum atomic E-state index is 14.8. The first kappa shape index (κ1) is 26.8. The molecule has 2 aromatic carbocycles. The summed E-state index contributed by atoms with van der Waals surface area (Å²) in [4.78, 5) is 15.3. The summed E-state index contributed by atoms with van der Waals surface area (Å²) in [5.74, 6) is -2.69. The summed E-state index contributed by atoms with van der Waals surface area (Å²) in [6, 6.07) is 13.1. The number of hydrogen-bond acceptors (Lipinski definition) is 5. The Morgan fingerprint density at radius 3 is 2.45 bits per heavy atom. The molecule has 0 fully saturated rings. The predicted octanol–water partition coefficient (Wildman–Crippen LogP) is 7.05. The lowest BCUT2D eigenvalue weighted by atomic mass is 10.0. The van der Waals surface area contributed by atoms with Crippen LogP contribution in [0.5, 0.6) is 11.5 Å². The largest absolute Gasteiger partial charge is 0.465 e. The van der Waals surface area contributed by atoms with Gasteiger partial charge in [0.05, 0.1) is 22.7 Å². The van der Waals surface area contributed by atoms with Gasteiger partial charge in [0.15, 0.2) is 17.4 Å². The highest BCUT2D eigenvalue weighted by molar-refractivity contribution is 6.76. The number of hydrogen-bond donors (Lipinski definition) is 2. The van der Waals surface area contributed by atoms with E-state index < -0.39 is 31.6 Å². The predicted molar refractivity (Wildman–Crippen MR) is 142 cm³/mol. The van der Waals surface area contributed by atoms with Crippen molar-refractivity contribution in [3.63, 3.8) is 0 Å². The van der Waals surface area contributed by atoms with Crippen LogP contribution < -0.4 is 10.1 Å². The van der Waals surface area contributed by atoms with Crippen LogP contribution in [0.2, 0.25) is 25.7 Å². The Bertz CT molecular complexity index is 1500. The van der Waals surface area contributed by atoms with E-state index in [2.05, 4.69) is 30.7 Å². The Morgan fingerprint density at radius 2 is 1.84 bits per heavy atom. The molecule has 4 aromatic rings.